The first-order chi connectivity index (χ1) is 24.8. The zero-order valence-electron chi connectivity index (χ0n) is 26.1. The fourth-order valence-corrected chi connectivity index (χ4v) is 8.39. The van der Waals surface area contributed by atoms with Crippen molar-refractivity contribution in [2.75, 3.05) is 17.2 Å². The number of carbonyl (C=O) groups excluding carboxylic acids is 2. The Kier molecular flexibility index (Phi) is 10.8. The third kappa shape index (κ3) is 7.60. The minimum Gasteiger partial charge on any atom is -0.503 e. The van der Waals surface area contributed by atoms with Crippen LogP contribution in [0, 0.1) is 0 Å². The minimum atomic E-state index is -1.29. The molecule has 0 aliphatic carbocycles. The lowest BCUT2D eigenvalue weighted by Crippen LogP contribution is -2.71. The van der Waals surface area contributed by atoms with Crippen LogP contribution in [0.25, 0.3) is 11.3 Å². The Morgan fingerprint density at radius 2 is 1.94 bits per heavy atom. The summed E-state index contributed by atoms with van der Waals surface area (Å²) in [4.78, 5) is 61.5. The number of β-lactam (4-membered cyclic amide) rings is 1. The highest BCUT2D eigenvalue weighted by Gasteiger charge is 2.54. The van der Waals surface area contributed by atoms with Crippen molar-refractivity contribution in [1.82, 2.24) is 20.4 Å². The van der Waals surface area contributed by atoms with Crippen molar-refractivity contribution in [3.8, 4) is 22.8 Å². The molecule has 2 aliphatic rings. The number of rotatable bonds is 13. The number of nitrogens with one attached hydrogen (secondary N) is 1. The minimum absolute atomic E-state index is 0.0546. The van der Waals surface area contributed by atoms with Gasteiger partial charge in [0.1, 0.15) is 28.5 Å². The number of halogens is 2. The van der Waals surface area contributed by atoms with Crippen LogP contribution in [0.3, 0.4) is 0 Å². The molecule has 3 aromatic heterocycles. The molecule has 22 heteroatoms. The van der Waals surface area contributed by atoms with E-state index in [9.17, 15) is 34.5 Å². The lowest BCUT2D eigenvalue weighted by Gasteiger charge is -2.49. The van der Waals surface area contributed by atoms with Gasteiger partial charge in [0.25, 0.3) is 11.8 Å². The van der Waals surface area contributed by atoms with Gasteiger partial charge in [-0.05, 0) is 11.6 Å². The van der Waals surface area contributed by atoms with Gasteiger partial charge in [0.05, 0.1) is 10.0 Å². The van der Waals surface area contributed by atoms with E-state index in [1.54, 1.807) is 24.5 Å². The van der Waals surface area contributed by atoms with Crippen LogP contribution in [0.15, 0.2) is 67.9 Å². The molecule has 6 rings (SSSR count). The zero-order chi connectivity index (χ0) is 37.3. The van der Waals surface area contributed by atoms with Crippen molar-refractivity contribution in [2.45, 2.75) is 29.5 Å². The van der Waals surface area contributed by atoms with E-state index >= 15 is 0 Å². The molecule has 7 N–H and O–H groups in total. The highest BCUT2D eigenvalue weighted by molar-refractivity contribution is 8.01. The number of hydrogen-bond donors (Lipinski definition) is 6. The summed E-state index contributed by atoms with van der Waals surface area (Å²) in [7, 11) is 0. The van der Waals surface area contributed by atoms with Crippen LogP contribution >= 0.6 is 58.1 Å². The number of nitrogens with two attached hydrogens (primary N) is 1. The van der Waals surface area contributed by atoms with E-state index in [-0.39, 0.29) is 74.0 Å². The molecule has 2 aliphatic heterocycles. The van der Waals surface area contributed by atoms with Crippen LogP contribution in [0.4, 0.5) is 5.13 Å². The monoisotopic (exact) mass is 808 g/mol. The number of aromatic nitrogens is 3. The van der Waals surface area contributed by atoms with E-state index in [2.05, 4.69) is 20.6 Å². The Hall–Kier alpha value is -5.02. The number of anilines is 1. The lowest BCUT2D eigenvalue weighted by atomic mass is 10.0. The highest BCUT2D eigenvalue weighted by atomic mass is 35.5. The number of hydrogen-bond acceptors (Lipinski definition) is 15. The van der Waals surface area contributed by atoms with E-state index in [0.29, 0.717) is 5.57 Å². The van der Waals surface area contributed by atoms with Crippen molar-refractivity contribution in [1.29, 1.82) is 0 Å². The summed E-state index contributed by atoms with van der Waals surface area (Å²) in [6, 6.07) is 5.03. The first-order valence-corrected chi connectivity index (χ1v) is 18.3. The molecule has 0 spiro atoms. The Balaban J connectivity index is 1.13. The number of aliphatic carboxylic acids is 2. The third-order valence-corrected chi connectivity index (χ3v) is 11.3. The van der Waals surface area contributed by atoms with Crippen molar-refractivity contribution < 1.29 is 53.5 Å². The van der Waals surface area contributed by atoms with E-state index in [1.807, 2.05) is 0 Å². The fourth-order valence-electron chi connectivity index (χ4n) is 5.03. The maximum Gasteiger partial charge on any atom is 0.370 e. The number of amides is 2. The number of phenols is 2. The molecule has 2 atom stereocenters. The Morgan fingerprint density at radius 3 is 2.62 bits per heavy atom. The smallest absolute Gasteiger partial charge is 0.370 e. The van der Waals surface area contributed by atoms with E-state index in [1.165, 1.54) is 45.6 Å². The standard InChI is InChI=1S/C30H23Cl2N7O10S3/c31-16-6-15(20(32)25(43)24(16)42)17-5-13(49-36-17)8-48-37-21(18-11-52-30(33)34-18)26(44)35-22-27(45)39-23(29(46)47)12(10-51-28(22)39)9-50-14-1-3-38(4-2-14)7-19(40)41/h1-6,11,22,28H,7-10H2,(H6-,33,34,35,36,37,40,41,42,43,44,46,47)/p+1/t22-,28-/m1/s1. The summed E-state index contributed by atoms with van der Waals surface area (Å²) < 4.78 is 6.73. The van der Waals surface area contributed by atoms with Crippen LogP contribution < -0.4 is 15.6 Å². The highest BCUT2D eigenvalue weighted by Crippen LogP contribution is 2.45. The number of benzene rings is 1. The molecule has 0 saturated carbocycles. The molecule has 1 aromatic carbocycles. The van der Waals surface area contributed by atoms with Gasteiger partial charge >= 0.3 is 11.9 Å². The van der Waals surface area contributed by atoms with Crippen molar-refractivity contribution in [3.05, 3.63) is 74.8 Å². The fraction of sp³-hybridized carbons (Fsp3) is 0.200. The van der Waals surface area contributed by atoms with Gasteiger partial charge in [-0.1, -0.05) is 33.5 Å². The van der Waals surface area contributed by atoms with E-state index in [4.69, 9.17) is 43.4 Å². The van der Waals surface area contributed by atoms with Crippen LogP contribution in [0.2, 0.25) is 10.0 Å². The number of nitrogens with zero attached hydrogens (tertiary/aromatic N) is 5. The molecule has 2 amide bonds. The molecule has 4 aromatic rings. The largest absolute Gasteiger partial charge is 0.503 e. The second-order valence-electron chi connectivity index (χ2n) is 10.9. The quantitative estimate of drug-likeness (QED) is 0.0284. The second kappa shape index (κ2) is 15.3. The second-order valence-corrected chi connectivity index (χ2v) is 14.7. The van der Waals surface area contributed by atoms with Gasteiger partial charge < -0.3 is 40.8 Å². The lowest BCUT2D eigenvalue weighted by molar-refractivity contribution is -0.686. The first kappa shape index (κ1) is 36.8. The summed E-state index contributed by atoms with van der Waals surface area (Å²) in [5.41, 5.74) is 6.17. The number of thiazole rings is 1. The van der Waals surface area contributed by atoms with Gasteiger partial charge in [-0.3, -0.25) is 14.5 Å². The summed E-state index contributed by atoms with van der Waals surface area (Å²) in [5, 5.41) is 49.7. The number of aromatic hydroxyl groups is 2. The maximum atomic E-state index is 13.5. The summed E-state index contributed by atoms with van der Waals surface area (Å²) in [6.07, 6.45) is 3.21. The van der Waals surface area contributed by atoms with Gasteiger partial charge in [0.2, 0.25) is 6.54 Å². The number of phenolic OH excluding ortho intramolecular Hbond substituents is 2. The predicted molar refractivity (Wildman–Crippen MR) is 188 cm³/mol. The van der Waals surface area contributed by atoms with Gasteiger partial charge in [-0.2, -0.15) is 4.57 Å². The topological polar surface area (TPSA) is 255 Å². The summed E-state index contributed by atoms with van der Waals surface area (Å²) >= 11 is 15.7. The summed E-state index contributed by atoms with van der Waals surface area (Å²) in [5.74, 6) is -4.33. The van der Waals surface area contributed by atoms with E-state index < -0.39 is 46.7 Å². The molecule has 270 valence electrons. The average Bonchev–Trinajstić information content (AvgIpc) is 3.77. The molecule has 0 bridgehead atoms. The molecule has 0 radical (unpaired) electrons. The Bertz CT molecular complexity index is 2160. The number of nitrogen functional groups attached to an aromatic ring is 1. The van der Waals surface area contributed by atoms with Crippen LogP contribution in [0.1, 0.15) is 11.5 Å². The molecule has 17 nitrogen and oxygen atoms in total. The maximum absolute atomic E-state index is 13.5. The predicted octanol–water partition coefficient (Wildman–Crippen LogP) is 2.92. The third-order valence-electron chi connectivity index (χ3n) is 7.47. The average molecular weight is 810 g/mol. The van der Waals surface area contributed by atoms with Crippen molar-refractivity contribution >= 4 is 92.7 Å². The Labute approximate surface area is 314 Å². The molecule has 1 fully saturated rings. The molecular weight excluding hydrogens is 785 g/mol. The van der Waals surface area contributed by atoms with E-state index in [0.717, 1.165) is 21.1 Å². The van der Waals surface area contributed by atoms with Crippen LogP contribution in [0.5, 0.6) is 11.5 Å². The van der Waals surface area contributed by atoms with Crippen molar-refractivity contribution in [2.24, 2.45) is 5.16 Å². The number of thioether (sulfide) groups is 2. The van der Waals surface area contributed by atoms with Gasteiger partial charge in [0.15, 0.2) is 47.1 Å². The normalized spacial score (nSPS) is 17.1. The van der Waals surface area contributed by atoms with Gasteiger partial charge in [-0.25, -0.2) is 14.6 Å². The first-order valence-electron chi connectivity index (χ1n) is 14.6. The summed E-state index contributed by atoms with van der Waals surface area (Å²) in [6.45, 7) is -0.539. The number of fused-ring (bicyclic) bond motifs is 1. The van der Waals surface area contributed by atoms with Crippen LogP contribution in [-0.2, 0) is 37.2 Å². The number of carbonyl (C=O) groups is 4. The Morgan fingerprint density at radius 1 is 1.19 bits per heavy atom. The number of carboxylic acids is 2. The van der Waals surface area contributed by atoms with Gasteiger partial charge in [0, 0.05) is 45.5 Å². The number of oxime groups is 1. The van der Waals surface area contributed by atoms with Crippen LogP contribution in [-0.4, -0.2) is 87.9 Å². The molecule has 1 saturated heterocycles. The molecule has 52 heavy (non-hydrogen) atoms. The number of pyridine rings is 1. The molecule has 0 unspecified atom stereocenters. The SMILES string of the molecule is Nc1nc(/C(=N/OCc2cc(-c3cc(Cl)c(O)c(O)c3Cl)no2)C(=O)N[C@@H]2C(=O)N3C(C(=O)O)=C(CSc4cc[n+](CC(=O)O)cc4)CS[C@H]23)cs1. The zero-order valence-corrected chi connectivity index (χ0v) is 30.0. The molecular formula is C30H24Cl2N7O10S3+. The van der Waals surface area contributed by atoms with Crippen molar-refractivity contribution in [3.63, 3.8) is 0 Å². The van der Waals surface area contributed by atoms with Gasteiger partial charge in [-0.15, -0.1) is 34.9 Å². The molecule has 5 heterocycles. The number of carboxylic acid groups (broad SMARTS) is 2.